The van der Waals surface area contributed by atoms with Gasteiger partial charge in [0.2, 0.25) is 0 Å². The zero-order valence-corrected chi connectivity index (χ0v) is 27.8. The van der Waals surface area contributed by atoms with Crippen LogP contribution in [0.5, 0.6) is 0 Å². The molecule has 0 fully saturated rings. The molecule has 0 aliphatic rings. The Kier molecular flexibility index (Phi) is 13.9. The fraction of sp³-hybridized carbons (Fsp3) is 0.432. The van der Waals surface area contributed by atoms with Crippen molar-refractivity contribution in [3.8, 4) is 0 Å². The number of methoxy groups -OCH3 is 1. The standard InChI is InChI=1S/C37H50O5Si/c1-37(2,3)43(5,6)42-25-24-34(33(26-30-16-10-7-11-17-30)27-31-18-12-8-13-19-31)35(41-29-39-4)22-23-36(38)40-28-32-20-14-9-15-21-32/h7-23,33-35H,24-29H2,1-6H3/t34-,35-/m0/s1. The van der Waals surface area contributed by atoms with Crippen LogP contribution < -0.4 is 0 Å². The van der Waals surface area contributed by atoms with E-state index in [-0.39, 0.29) is 36.4 Å². The number of ether oxygens (including phenoxy) is 3. The van der Waals surface area contributed by atoms with Gasteiger partial charge in [0.15, 0.2) is 8.32 Å². The molecule has 2 atom stereocenters. The molecule has 0 heterocycles. The molecule has 0 spiro atoms. The molecule has 0 N–H and O–H groups in total. The van der Waals surface area contributed by atoms with Gasteiger partial charge in [0.25, 0.3) is 0 Å². The molecule has 0 amide bonds. The summed E-state index contributed by atoms with van der Waals surface area (Å²) in [5, 5.41) is 0.115. The first-order chi connectivity index (χ1) is 20.6. The maximum Gasteiger partial charge on any atom is 0.330 e. The first-order valence-corrected chi connectivity index (χ1v) is 18.2. The Hall–Kier alpha value is -3.03. The summed E-state index contributed by atoms with van der Waals surface area (Å²) >= 11 is 0. The summed E-state index contributed by atoms with van der Waals surface area (Å²) in [6.07, 6.45) is 5.53. The molecule has 5 nitrogen and oxygen atoms in total. The molecular formula is C37H50O5Si. The van der Waals surface area contributed by atoms with Crippen LogP contribution in [0.1, 0.15) is 43.9 Å². The summed E-state index contributed by atoms with van der Waals surface area (Å²) in [6, 6.07) is 30.9. The second-order valence-corrected chi connectivity index (χ2v) is 17.5. The zero-order chi connectivity index (χ0) is 31.1. The largest absolute Gasteiger partial charge is 0.458 e. The van der Waals surface area contributed by atoms with Crippen molar-refractivity contribution in [3.63, 3.8) is 0 Å². The predicted octanol–water partition coefficient (Wildman–Crippen LogP) is 8.40. The number of hydrogen-bond acceptors (Lipinski definition) is 5. The minimum atomic E-state index is -1.95. The Morgan fingerprint density at radius 3 is 1.81 bits per heavy atom. The highest BCUT2D eigenvalue weighted by Crippen LogP contribution is 2.37. The highest BCUT2D eigenvalue weighted by molar-refractivity contribution is 6.74. The lowest BCUT2D eigenvalue weighted by atomic mass is 9.77. The molecule has 6 heteroatoms. The lowest BCUT2D eigenvalue weighted by Gasteiger charge is -2.38. The van der Waals surface area contributed by atoms with Gasteiger partial charge < -0.3 is 18.6 Å². The SMILES string of the molecule is COCO[C@@H](C=CC(=O)OCc1ccccc1)[C@@H](CCO[Si](C)(C)C(C)(C)C)C(Cc1ccccc1)Cc1ccccc1. The van der Waals surface area contributed by atoms with Gasteiger partial charge >= 0.3 is 5.97 Å². The first kappa shape index (κ1) is 34.5. The van der Waals surface area contributed by atoms with Crippen LogP contribution in [0, 0.1) is 11.8 Å². The summed E-state index contributed by atoms with van der Waals surface area (Å²) in [4.78, 5) is 12.8. The van der Waals surface area contributed by atoms with Crippen LogP contribution >= 0.6 is 0 Å². The normalized spacial score (nSPS) is 13.7. The number of rotatable bonds is 17. The van der Waals surface area contributed by atoms with Gasteiger partial charge in [0.05, 0.1) is 6.10 Å². The molecule has 3 aromatic carbocycles. The van der Waals surface area contributed by atoms with E-state index in [0.29, 0.717) is 6.61 Å². The fourth-order valence-electron chi connectivity index (χ4n) is 4.96. The van der Waals surface area contributed by atoms with Gasteiger partial charge in [-0.3, -0.25) is 0 Å². The molecule has 0 saturated carbocycles. The third-order valence-electron chi connectivity index (χ3n) is 8.45. The molecule has 3 rings (SSSR count). The van der Waals surface area contributed by atoms with Crippen molar-refractivity contribution in [2.75, 3.05) is 20.5 Å². The van der Waals surface area contributed by atoms with E-state index in [4.69, 9.17) is 18.6 Å². The minimum Gasteiger partial charge on any atom is -0.458 e. The van der Waals surface area contributed by atoms with Gasteiger partial charge in [-0.15, -0.1) is 0 Å². The molecule has 0 aromatic heterocycles. The van der Waals surface area contributed by atoms with Crippen molar-refractivity contribution in [2.24, 2.45) is 11.8 Å². The monoisotopic (exact) mass is 602 g/mol. The average Bonchev–Trinajstić information content (AvgIpc) is 2.99. The highest BCUT2D eigenvalue weighted by atomic mass is 28.4. The van der Waals surface area contributed by atoms with Crippen LogP contribution in [-0.2, 0) is 42.9 Å². The van der Waals surface area contributed by atoms with Gasteiger partial charge in [-0.2, -0.15) is 0 Å². The van der Waals surface area contributed by atoms with Crippen molar-refractivity contribution in [1.29, 1.82) is 0 Å². The summed E-state index contributed by atoms with van der Waals surface area (Å²) in [5.74, 6) is -0.119. The molecule has 0 radical (unpaired) electrons. The number of carbonyl (C=O) groups excluding carboxylic acids is 1. The van der Waals surface area contributed by atoms with Crippen LogP contribution in [0.15, 0.2) is 103 Å². The second kappa shape index (κ2) is 17.3. The summed E-state index contributed by atoms with van der Waals surface area (Å²) < 4.78 is 23.9. The quantitative estimate of drug-likeness (QED) is 0.0672. The second-order valence-electron chi connectivity index (χ2n) is 12.7. The van der Waals surface area contributed by atoms with Gasteiger partial charge in [-0.25, -0.2) is 4.79 Å². The van der Waals surface area contributed by atoms with Gasteiger partial charge in [-0.05, 0) is 72.0 Å². The summed E-state index contributed by atoms with van der Waals surface area (Å²) in [6.45, 7) is 12.3. The van der Waals surface area contributed by atoms with Gasteiger partial charge in [0.1, 0.15) is 13.4 Å². The van der Waals surface area contributed by atoms with E-state index < -0.39 is 14.3 Å². The third kappa shape index (κ3) is 11.9. The van der Waals surface area contributed by atoms with E-state index in [1.165, 1.54) is 17.2 Å². The van der Waals surface area contributed by atoms with E-state index in [1.807, 2.05) is 36.4 Å². The number of esters is 1. The molecule has 3 aromatic rings. The van der Waals surface area contributed by atoms with E-state index >= 15 is 0 Å². The molecule has 43 heavy (non-hydrogen) atoms. The van der Waals surface area contributed by atoms with Crippen molar-refractivity contribution < 1.29 is 23.4 Å². The van der Waals surface area contributed by atoms with E-state index in [1.54, 1.807) is 7.11 Å². The Labute approximate surface area is 260 Å². The van der Waals surface area contributed by atoms with Crippen LogP contribution in [0.4, 0.5) is 0 Å². The van der Waals surface area contributed by atoms with Crippen molar-refractivity contribution in [1.82, 2.24) is 0 Å². The molecular weight excluding hydrogens is 552 g/mol. The maximum absolute atomic E-state index is 12.8. The van der Waals surface area contributed by atoms with Gasteiger partial charge in [-0.1, -0.05) is 112 Å². The molecule has 0 bridgehead atoms. The molecule has 0 aliphatic heterocycles. The van der Waals surface area contributed by atoms with E-state index in [2.05, 4.69) is 94.5 Å². The molecule has 0 unspecified atom stereocenters. The Morgan fingerprint density at radius 1 is 0.814 bits per heavy atom. The molecule has 232 valence electrons. The van der Waals surface area contributed by atoms with E-state index in [9.17, 15) is 4.79 Å². The maximum atomic E-state index is 12.8. The minimum absolute atomic E-state index is 0.0542. The average molecular weight is 603 g/mol. The Bertz CT molecular complexity index is 1180. The summed E-state index contributed by atoms with van der Waals surface area (Å²) in [5.41, 5.74) is 3.49. The predicted molar refractivity (Wildman–Crippen MR) is 177 cm³/mol. The van der Waals surface area contributed by atoms with Crippen LogP contribution in [0.3, 0.4) is 0 Å². The number of benzene rings is 3. The van der Waals surface area contributed by atoms with Gasteiger partial charge in [0, 0.05) is 19.8 Å². The number of hydrogen-bond donors (Lipinski definition) is 0. The Balaban J connectivity index is 1.90. The van der Waals surface area contributed by atoms with Crippen LogP contribution in [0.2, 0.25) is 18.1 Å². The van der Waals surface area contributed by atoms with Crippen molar-refractivity contribution >= 4 is 14.3 Å². The van der Waals surface area contributed by atoms with E-state index in [0.717, 1.165) is 24.8 Å². The van der Waals surface area contributed by atoms with Crippen molar-refractivity contribution in [2.45, 2.75) is 70.9 Å². The smallest absolute Gasteiger partial charge is 0.330 e. The van der Waals surface area contributed by atoms with Crippen LogP contribution in [-0.4, -0.2) is 40.9 Å². The third-order valence-corrected chi connectivity index (χ3v) is 13.0. The van der Waals surface area contributed by atoms with Crippen LogP contribution in [0.25, 0.3) is 0 Å². The lowest BCUT2D eigenvalue weighted by Crippen LogP contribution is -2.42. The topological polar surface area (TPSA) is 54.0 Å². The lowest BCUT2D eigenvalue weighted by molar-refractivity contribution is -0.139. The summed E-state index contributed by atoms with van der Waals surface area (Å²) in [7, 11) is -0.331. The Morgan fingerprint density at radius 2 is 1.33 bits per heavy atom. The number of carbonyl (C=O) groups is 1. The highest BCUT2D eigenvalue weighted by Gasteiger charge is 2.38. The first-order valence-electron chi connectivity index (χ1n) is 15.3. The zero-order valence-electron chi connectivity index (χ0n) is 26.8. The van der Waals surface area contributed by atoms with Crippen molar-refractivity contribution in [3.05, 3.63) is 120 Å². The molecule has 0 aliphatic carbocycles. The molecule has 0 saturated heterocycles. The fourth-order valence-corrected chi connectivity index (χ4v) is 6.02.